The number of hydrogen-bond acceptors (Lipinski definition) is 0. The summed E-state index contributed by atoms with van der Waals surface area (Å²) in [6, 6.07) is 0. The summed E-state index contributed by atoms with van der Waals surface area (Å²) >= 11 is 0. The topological polar surface area (TPSA) is 0 Å². The van der Waals surface area contributed by atoms with Crippen LogP contribution in [0.1, 0.15) is 118 Å². The van der Waals surface area contributed by atoms with Gasteiger partial charge in [0.05, 0.1) is 0 Å². The van der Waals surface area contributed by atoms with Crippen LogP contribution in [0.3, 0.4) is 0 Å². The van der Waals surface area contributed by atoms with Crippen LogP contribution in [-0.2, 0) is 0 Å². The predicted octanol–water partition coefficient (Wildman–Crippen LogP) is 8.01. The number of unbranched alkanes of at least 4 members (excludes halogenated alkanes) is 5. The predicted molar refractivity (Wildman–Crippen MR) is 98.9 cm³/mol. The maximum absolute atomic E-state index is 2.47. The van der Waals surface area contributed by atoms with Crippen LogP contribution in [0.5, 0.6) is 0 Å². The van der Waals surface area contributed by atoms with Crippen molar-refractivity contribution < 1.29 is 0 Å². The highest BCUT2D eigenvalue weighted by Gasteiger charge is 2.09. The Bertz CT molecular complexity index is 196. The zero-order chi connectivity index (χ0) is 15.9. The van der Waals surface area contributed by atoms with E-state index in [1.54, 1.807) is 0 Å². The van der Waals surface area contributed by atoms with Crippen LogP contribution in [0, 0.1) is 17.8 Å². The highest BCUT2D eigenvalue weighted by molar-refractivity contribution is 4.62. The monoisotopic (exact) mass is 296 g/mol. The van der Waals surface area contributed by atoms with E-state index in [4.69, 9.17) is 0 Å². The van der Waals surface area contributed by atoms with Crippen molar-refractivity contribution in [2.45, 2.75) is 118 Å². The standard InChI is InChI=1S/C21H44/c1-6-8-10-11-12-15-19(3)16-13-17-21(5)18-20(4)14-9-7-2/h19-21H,6-18H2,1-5H3. The number of rotatable bonds is 15. The summed E-state index contributed by atoms with van der Waals surface area (Å²) in [4.78, 5) is 0. The number of hydrogen-bond donors (Lipinski definition) is 0. The molecule has 0 aromatic heterocycles. The minimum Gasteiger partial charge on any atom is -0.0654 e. The van der Waals surface area contributed by atoms with Crippen molar-refractivity contribution in [1.82, 2.24) is 0 Å². The molecule has 0 heteroatoms. The minimum absolute atomic E-state index is 0.939. The van der Waals surface area contributed by atoms with Crippen LogP contribution in [0.2, 0.25) is 0 Å². The van der Waals surface area contributed by atoms with Crippen molar-refractivity contribution in [3.8, 4) is 0 Å². The first-order valence-electron chi connectivity index (χ1n) is 10.1. The highest BCUT2D eigenvalue weighted by Crippen LogP contribution is 2.24. The molecule has 0 N–H and O–H groups in total. The van der Waals surface area contributed by atoms with Crippen molar-refractivity contribution in [3.63, 3.8) is 0 Å². The van der Waals surface area contributed by atoms with Gasteiger partial charge < -0.3 is 0 Å². The molecule has 0 radical (unpaired) electrons. The molecule has 3 unspecified atom stereocenters. The average Bonchev–Trinajstić information content (AvgIpc) is 2.44. The van der Waals surface area contributed by atoms with Gasteiger partial charge in [-0.1, -0.05) is 112 Å². The van der Waals surface area contributed by atoms with Gasteiger partial charge in [-0.25, -0.2) is 0 Å². The van der Waals surface area contributed by atoms with E-state index in [-0.39, 0.29) is 0 Å². The Labute approximate surface area is 136 Å². The van der Waals surface area contributed by atoms with Gasteiger partial charge in [-0.15, -0.1) is 0 Å². The van der Waals surface area contributed by atoms with Gasteiger partial charge in [-0.3, -0.25) is 0 Å². The largest absolute Gasteiger partial charge is 0.0654 e. The third kappa shape index (κ3) is 14.7. The molecule has 0 aliphatic rings. The molecule has 0 bridgehead atoms. The van der Waals surface area contributed by atoms with Gasteiger partial charge in [0.25, 0.3) is 0 Å². The summed E-state index contributed by atoms with van der Waals surface area (Å²) in [7, 11) is 0. The molecule has 0 aliphatic heterocycles. The fourth-order valence-electron chi connectivity index (χ4n) is 3.53. The van der Waals surface area contributed by atoms with E-state index in [0.717, 1.165) is 17.8 Å². The molecule has 0 amide bonds. The molecule has 0 aromatic rings. The van der Waals surface area contributed by atoms with Crippen LogP contribution in [0.15, 0.2) is 0 Å². The Balaban J connectivity index is 3.45. The van der Waals surface area contributed by atoms with E-state index < -0.39 is 0 Å². The van der Waals surface area contributed by atoms with Crippen molar-refractivity contribution >= 4 is 0 Å². The van der Waals surface area contributed by atoms with Crippen LogP contribution < -0.4 is 0 Å². The van der Waals surface area contributed by atoms with E-state index in [1.807, 2.05) is 0 Å². The van der Waals surface area contributed by atoms with Crippen molar-refractivity contribution in [2.75, 3.05) is 0 Å². The minimum atomic E-state index is 0.939. The maximum atomic E-state index is 2.47. The van der Waals surface area contributed by atoms with Gasteiger partial charge in [0.2, 0.25) is 0 Å². The molecule has 0 aromatic carbocycles. The maximum Gasteiger partial charge on any atom is -0.0440 e. The molecule has 128 valence electrons. The SMILES string of the molecule is CCCCCCCC(C)CCCC(C)CC(C)CCCC. The Morgan fingerprint density at radius 1 is 0.476 bits per heavy atom. The molecule has 0 saturated heterocycles. The summed E-state index contributed by atoms with van der Waals surface area (Å²) < 4.78 is 0. The van der Waals surface area contributed by atoms with Crippen LogP contribution in [0.25, 0.3) is 0 Å². The lowest BCUT2D eigenvalue weighted by molar-refractivity contribution is 0.346. The van der Waals surface area contributed by atoms with E-state index in [0.29, 0.717) is 0 Å². The molecule has 0 nitrogen and oxygen atoms in total. The van der Waals surface area contributed by atoms with E-state index in [2.05, 4.69) is 34.6 Å². The third-order valence-electron chi connectivity index (χ3n) is 5.05. The fraction of sp³-hybridized carbons (Fsp3) is 1.00. The quantitative estimate of drug-likeness (QED) is 0.268. The summed E-state index contributed by atoms with van der Waals surface area (Å²) in [6.45, 7) is 12.0. The molecular formula is C21H44. The Morgan fingerprint density at radius 2 is 0.952 bits per heavy atom. The molecule has 3 atom stereocenters. The Kier molecular flexibility index (Phi) is 14.9. The van der Waals surface area contributed by atoms with Crippen LogP contribution in [0.4, 0.5) is 0 Å². The van der Waals surface area contributed by atoms with Gasteiger partial charge in [0.1, 0.15) is 0 Å². The average molecular weight is 297 g/mol. The first-order chi connectivity index (χ1) is 10.1. The second-order valence-electron chi connectivity index (χ2n) is 7.83. The van der Waals surface area contributed by atoms with Crippen LogP contribution >= 0.6 is 0 Å². The first-order valence-corrected chi connectivity index (χ1v) is 10.1. The van der Waals surface area contributed by atoms with Gasteiger partial charge in [-0.2, -0.15) is 0 Å². The lowest BCUT2D eigenvalue weighted by Gasteiger charge is -2.18. The molecule has 0 saturated carbocycles. The molecule has 0 rings (SSSR count). The smallest absolute Gasteiger partial charge is 0.0440 e. The first kappa shape index (κ1) is 21.0. The lowest BCUT2D eigenvalue weighted by atomic mass is 9.88. The summed E-state index contributed by atoms with van der Waals surface area (Å²) in [5.41, 5.74) is 0. The van der Waals surface area contributed by atoms with Crippen LogP contribution in [-0.4, -0.2) is 0 Å². The molecule has 0 aliphatic carbocycles. The fourth-order valence-corrected chi connectivity index (χ4v) is 3.53. The van der Waals surface area contributed by atoms with Gasteiger partial charge >= 0.3 is 0 Å². The molecule has 0 heterocycles. The highest BCUT2D eigenvalue weighted by atomic mass is 14.2. The Hall–Kier alpha value is 0. The van der Waals surface area contributed by atoms with E-state index in [1.165, 1.54) is 83.5 Å². The lowest BCUT2D eigenvalue weighted by Crippen LogP contribution is -2.04. The van der Waals surface area contributed by atoms with Crippen molar-refractivity contribution in [2.24, 2.45) is 17.8 Å². The van der Waals surface area contributed by atoms with Gasteiger partial charge in [-0.05, 0) is 24.2 Å². The second kappa shape index (κ2) is 14.9. The summed E-state index contributed by atoms with van der Waals surface area (Å²) in [6.07, 6.45) is 18.7. The van der Waals surface area contributed by atoms with E-state index >= 15 is 0 Å². The summed E-state index contributed by atoms with van der Waals surface area (Å²) in [5.74, 6) is 2.83. The van der Waals surface area contributed by atoms with Gasteiger partial charge in [0, 0.05) is 0 Å². The molecule has 0 fully saturated rings. The van der Waals surface area contributed by atoms with Crippen molar-refractivity contribution in [3.05, 3.63) is 0 Å². The van der Waals surface area contributed by atoms with E-state index in [9.17, 15) is 0 Å². The zero-order valence-electron chi connectivity index (χ0n) is 15.9. The second-order valence-corrected chi connectivity index (χ2v) is 7.83. The Morgan fingerprint density at radius 3 is 1.57 bits per heavy atom. The molecular weight excluding hydrogens is 252 g/mol. The normalized spacial score (nSPS) is 15.9. The van der Waals surface area contributed by atoms with Crippen molar-refractivity contribution in [1.29, 1.82) is 0 Å². The summed E-state index contributed by atoms with van der Waals surface area (Å²) in [5, 5.41) is 0. The van der Waals surface area contributed by atoms with Gasteiger partial charge in [0.15, 0.2) is 0 Å². The molecule has 21 heavy (non-hydrogen) atoms. The third-order valence-corrected chi connectivity index (χ3v) is 5.05. The molecule has 0 spiro atoms. The zero-order valence-corrected chi connectivity index (χ0v) is 15.9.